The molecule has 6 heteroatoms. The topological polar surface area (TPSA) is 79.2 Å². The van der Waals surface area contributed by atoms with Crippen LogP contribution in [0.2, 0.25) is 0 Å². The first-order valence-electron chi connectivity index (χ1n) is 6.19. The van der Waals surface area contributed by atoms with E-state index in [1.807, 2.05) is 6.92 Å². The summed E-state index contributed by atoms with van der Waals surface area (Å²) in [6.07, 6.45) is 0. The third kappa shape index (κ3) is 1.91. The number of rotatable bonds is 1. The lowest BCUT2D eigenvalue weighted by atomic mass is 10.1. The van der Waals surface area contributed by atoms with Crippen molar-refractivity contribution in [2.45, 2.75) is 13.8 Å². The summed E-state index contributed by atoms with van der Waals surface area (Å²) < 4.78 is 1.52. The fourth-order valence-corrected chi connectivity index (χ4v) is 2.23. The summed E-state index contributed by atoms with van der Waals surface area (Å²) in [5, 5.41) is 9.34. The number of anilines is 1. The molecule has 0 atom stereocenters. The maximum absolute atomic E-state index is 12.1. The number of aromatic hydroxyl groups is 1. The van der Waals surface area contributed by atoms with Gasteiger partial charge in [0, 0.05) is 17.3 Å². The number of hydrazine groups is 1. The SMILES string of the molecule is CC1=C(c2ccc(O)cc2)NNc2nc(C)cc(=O)n21. The molecular formula is C14H14N4O2. The molecule has 3 N–H and O–H groups in total. The number of aryl methyl sites for hydroxylation is 1. The highest BCUT2D eigenvalue weighted by Gasteiger charge is 2.18. The Kier molecular flexibility index (Phi) is 2.71. The van der Waals surface area contributed by atoms with Crippen LogP contribution in [-0.2, 0) is 0 Å². The third-order valence-electron chi connectivity index (χ3n) is 3.20. The summed E-state index contributed by atoms with van der Waals surface area (Å²) in [5.74, 6) is 0.667. The average Bonchev–Trinajstić information content (AvgIpc) is 2.39. The molecule has 0 amide bonds. The van der Waals surface area contributed by atoms with E-state index in [-0.39, 0.29) is 11.3 Å². The highest BCUT2D eigenvalue weighted by Crippen LogP contribution is 2.25. The lowest BCUT2D eigenvalue weighted by Crippen LogP contribution is -2.35. The van der Waals surface area contributed by atoms with Crippen molar-refractivity contribution in [3.63, 3.8) is 0 Å². The zero-order chi connectivity index (χ0) is 14.3. The molecule has 0 aliphatic carbocycles. The van der Waals surface area contributed by atoms with E-state index in [1.165, 1.54) is 10.6 Å². The van der Waals surface area contributed by atoms with Gasteiger partial charge in [0.15, 0.2) is 0 Å². The van der Waals surface area contributed by atoms with Gasteiger partial charge < -0.3 is 5.11 Å². The van der Waals surface area contributed by atoms with Gasteiger partial charge in [-0.25, -0.2) is 9.55 Å². The second-order valence-corrected chi connectivity index (χ2v) is 4.65. The van der Waals surface area contributed by atoms with E-state index in [0.29, 0.717) is 11.6 Å². The van der Waals surface area contributed by atoms with Crippen molar-refractivity contribution in [3.8, 4) is 5.75 Å². The smallest absolute Gasteiger partial charge is 0.259 e. The van der Waals surface area contributed by atoms with Gasteiger partial charge in [-0.05, 0) is 38.1 Å². The first-order valence-corrected chi connectivity index (χ1v) is 6.19. The molecular weight excluding hydrogens is 256 g/mol. The predicted octanol–water partition coefficient (Wildman–Crippen LogP) is 1.53. The molecule has 20 heavy (non-hydrogen) atoms. The van der Waals surface area contributed by atoms with Gasteiger partial charge >= 0.3 is 0 Å². The van der Waals surface area contributed by atoms with Crippen molar-refractivity contribution in [2.75, 3.05) is 5.43 Å². The number of fused-ring (bicyclic) bond motifs is 1. The van der Waals surface area contributed by atoms with Crippen LogP contribution in [0.1, 0.15) is 18.2 Å². The van der Waals surface area contributed by atoms with Gasteiger partial charge in [0.05, 0.1) is 11.4 Å². The number of phenolic OH excluding ortho intramolecular Hbond substituents is 1. The Morgan fingerprint density at radius 1 is 1.15 bits per heavy atom. The van der Waals surface area contributed by atoms with Crippen LogP contribution in [0.15, 0.2) is 35.1 Å². The van der Waals surface area contributed by atoms with Crippen molar-refractivity contribution >= 4 is 17.3 Å². The predicted molar refractivity (Wildman–Crippen MR) is 76.9 cm³/mol. The second-order valence-electron chi connectivity index (χ2n) is 4.65. The number of hydrogen-bond donors (Lipinski definition) is 3. The third-order valence-corrected chi connectivity index (χ3v) is 3.20. The van der Waals surface area contributed by atoms with E-state index in [9.17, 15) is 9.90 Å². The standard InChI is InChI=1S/C14H14N4O2/c1-8-7-12(20)18-9(2)13(16-17-14(18)15-8)10-3-5-11(19)6-4-10/h3-7,16,19H,1-2H3,(H,15,17). The van der Waals surface area contributed by atoms with Gasteiger partial charge in [0.25, 0.3) is 5.56 Å². The molecule has 0 unspecified atom stereocenters. The molecule has 102 valence electrons. The minimum Gasteiger partial charge on any atom is -0.508 e. The maximum Gasteiger partial charge on any atom is 0.259 e. The fourth-order valence-electron chi connectivity index (χ4n) is 2.23. The van der Waals surface area contributed by atoms with Gasteiger partial charge in [-0.1, -0.05) is 0 Å². The van der Waals surface area contributed by atoms with Crippen molar-refractivity contribution in [1.82, 2.24) is 15.0 Å². The molecule has 0 saturated heterocycles. The Hall–Kier alpha value is -2.76. The first kappa shape index (κ1) is 12.3. The van der Waals surface area contributed by atoms with E-state index in [1.54, 1.807) is 31.2 Å². The zero-order valence-electron chi connectivity index (χ0n) is 11.1. The van der Waals surface area contributed by atoms with Gasteiger partial charge in [0.1, 0.15) is 5.75 Å². The van der Waals surface area contributed by atoms with E-state index in [2.05, 4.69) is 15.8 Å². The van der Waals surface area contributed by atoms with Crippen molar-refractivity contribution in [2.24, 2.45) is 0 Å². The van der Waals surface area contributed by atoms with Crippen LogP contribution < -0.4 is 16.4 Å². The lowest BCUT2D eigenvalue weighted by Gasteiger charge is -2.25. The number of nitrogens with one attached hydrogen (secondary N) is 2. The molecule has 1 aromatic heterocycles. The maximum atomic E-state index is 12.1. The van der Waals surface area contributed by atoms with Crippen LogP contribution >= 0.6 is 0 Å². The number of phenols is 1. The fraction of sp³-hybridized carbons (Fsp3) is 0.143. The molecule has 1 aliphatic heterocycles. The number of nitrogens with zero attached hydrogens (tertiary/aromatic N) is 2. The van der Waals surface area contributed by atoms with E-state index in [0.717, 1.165) is 17.0 Å². The van der Waals surface area contributed by atoms with Crippen LogP contribution in [0.4, 0.5) is 5.95 Å². The molecule has 0 radical (unpaired) electrons. The van der Waals surface area contributed by atoms with Crippen LogP contribution in [0.5, 0.6) is 5.75 Å². The molecule has 0 saturated carbocycles. The van der Waals surface area contributed by atoms with Gasteiger partial charge in [-0.15, -0.1) is 0 Å². The largest absolute Gasteiger partial charge is 0.508 e. The molecule has 1 aliphatic rings. The summed E-state index contributed by atoms with van der Waals surface area (Å²) in [5.41, 5.74) is 8.88. The quantitative estimate of drug-likeness (QED) is 0.732. The lowest BCUT2D eigenvalue weighted by molar-refractivity contribution is 0.475. The molecule has 6 nitrogen and oxygen atoms in total. The Labute approximate surface area is 115 Å². The van der Waals surface area contributed by atoms with Crippen molar-refractivity contribution in [1.29, 1.82) is 0 Å². The molecule has 2 heterocycles. The summed E-state index contributed by atoms with van der Waals surface area (Å²) >= 11 is 0. The molecule has 2 aromatic rings. The Balaban J connectivity index is 2.18. The summed E-state index contributed by atoms with van der Waals surface area (Å²) in [4.78, 5) is 16.4. The average molecular weight is 270 g/mol. The van der Waals surface area contributed by atoms with Crippen molar-refractivity contribution in [3.05, 3.63) is 51.9 Å². The molecule has 0 spiro atoms. The normalized spacial score (nSPS) is 13.5. The molecule has 3 rings (SSSR count). The van der Waals surface area contributed by atoms with Crippen LogP contribution in [0.25, 0.3) is 11.4 Å². The van der Waals surface area contributed by atoms with Crippen molar-refractivity contribution < 1.29 is 5.11 Å². The molecule has 0 bridgehead atoms. The Morgan fingerprint density at radius 2 is 1.85 bits per heavy atom. The van der Waals surface area contributed by atoms with Gasteiger partial charge in [0.2, 0.25) is 5.95 Å². The highest BCUT2D eigenvalue weighted by atomic mass is 16.3. The number of hydrogen-bond acceptors (Lipinski definition) is 5. The van der Waals surface area contributed by atoms with E-state index in [4.69, 9.17) is 0 Å². The number of allylic oxidation sites excluding steroid dienone is 1. The second kappa shape index (κ2) is 4.41. The number of benzene rings is 1. The zero-order valence-corrected chi connectivity index (χ0v) is 11.1. The van der Waals surface area contributed by atoms with Crippen LogP contribution in [0, 0.1) is 6.92 Å². The van der Waals surface area contributed by atoms with E-state index >= 15 is 0 Å². The summed E-state index contributed by atoms with van der Waals surface area (Å²) in [7, 11) is 0. The van der Waals surface area contributed by atoms with Gasteiger partial charge in [-0.2, -0.15) is 0 Å². The van der Waals surface area contributed by atoms with Gasteiger partial charge in [-0.3, -0.25) is 15.6 Å². The monoisotopic (exact) mass is 270 g/mol. The van der Waals surface area contributed by atoms with Crippen LogP contribution in [0.3, 0.4) is 0 Å². The minimum absolute atomic E-state index is 0.129. The highest BCUT2D eigenvalue weighted by molar-refractivity contribution is 5.84. The minimum atomic E-state index is -0.129. The Morgan fingerprint density at radius 3 is 2.55 bits per heavy atom. The summed E-state index contributed by atoms with van der Waals surface area (Å²) in [6, 6.07) is 8.25. The molecule has 1 aromatic carbocycles. The first-order chi connectivity index (χ1) is 9.56. The van der Waals surface area contributed by atoms with Crippen LogP contribution in [-0.4, -0.2) is 14.7 Å². The molecule has 0 fully saturated rings. The van der Waals surface area contributed by atoms with E-state index < -0.39 is 0 Å². The number of aromatic nitrogens is 2. The summed E-state index contributed by atoms with van der Waals surface area (Å²) in [6.45, 7) is 3.62. The Bertz CT molecular complexity index is 760.